The van der Waals surface area contributed by atoms with Crippen LogP contribution in [0.25, 0.3) is 0 Å². The number of hydrogen-bond acceptors (Lipinski definition) is 2. The smallest absolute Gasteiger partial charge is 0.119 e. The molecular weight excluding hydrogens is 272 g/mol. The lowest BCUT2D eigenvalue weighted by atomic mass is 9.80. The van der Waals surface area contributed by atoms with Crippen LogP contribution in [-0.2, 0) is 0 Å². The third-order valence-electron chi connectivity index (χ3n) is 4.44. The number of hydrogen-bond donors (Lipinski definition) is 2. The van der Waals surface area contributed by atoms with Crippen molar-refractivity contribution in [1.82, 2.24) is 0 Å². The van der Waals surface area contributed by atoms with Crippen LogP contribution < -0.4 is 0 Å². The minimum absolute atomic E-state index is 0.399. The van der Waals surface area contributed by atoms with E-state index in [9.17, 15) is 10.2 Å². The summed E-state index contributed by atoms with van der Waals surface area (Å²) in [5.41, 5.74) is 3.12. The Morgan fingerprint density at radius 2 is 1.82 bits per heavy atom. The second-order valence-corrected chi connectivity index (χ2v) is 7.39. The quantitative estimate of drug-likeness (QED) is 0.725. The molecule has 2 heteroatoms. The van der Waals surface area contributed by atoms with Crippen LogP contribution in [0, 0.1) is 12.8 Å². The number of phenols is 1. The fourth-order valence-electron chi connectivity index (χ4n) is 2.75. The van der Waals surface area contributed by atoms with Crippen LogP contribution in [0.1, 0.15) is 70.9 Å². The first-order valence-corrected chi connectivity index (χ1v) is 8.28. The topological polar surface area (TPSA) is 40.5 Å². The lowest BCUT2D eigenvalue weighted by Crippen LogP contribution is -2.31. The minimum Gasteiger partial charge on any atom is -0.508 e. The molecular formula is C20H32O2. The molecule has 0 spiro atoms. The van der Waals surface area contributed by atoms with E-state index in [1.807, 2.05) is 32.9 Å². The molecule has 1 atom stereocenters. The van der Waals surface area contributed by atoms with Gasteiger partial charge in [0.1, 0.15) is 5.75 Å². The average molecular weight is 304 g/mol. The molecule has 0 aromatic heterocycles. The normalized spacial score (nSPS) is 18.5. The van der Waals surface area contributed by atoms with Crippen LogP contribution in [0.4, 0.5) is 0 Å². The van der Waals surface area contributed by atoms with Crippen LogP contribution in [0.15, 0.2) is 29.8 Å². The average Bonchev–Trinajstić information content (AvgIpc) is 2.38. The molecule has 0 saturated heterocycles. The van der Waals surface area contributed by atoms with Crippen molar-refractivity contribution in [2.75, 3.05) is 0 Å². The summed E-state index contributed by atoms with van der Waals surface area (Å²) in [6, 6.07) is 5.81. The summed E-state index contributed by atoms with van der Waals surface area (Å²) in [4.78, 5) is 0. The van der Waals surface area contributed by atoms with Crippen LogP contribution in [-0.4, -0.2) is 15.8 Å². The number of rotatable bonds is 2. The largest absolute Gasteiger partial charge is 0.508 e. The first-order chi connectivity index (χ1) is 10.1. The molecule has 0 amide bonds. The fraction of sp³-hybridized carbons (Fsp3) is 0.600. The van der Waals surface area contributed by atoms with E-state index < -0.39 is 5.60 Å². The van der Waals surface area contributed by atoms with Gasteiger partial charge < -0.3 is 10.2 Å². The van der Waals surface area contributed by atoms with Gasteiger partial charge in [0, 0.05) is 0 Å². The molecule has 0 fully saturated rings. The van der Waals surface area contributed by atoms with Crippen molar-refractivity contribution in [2.45, 2.75) is 72.3 Å². The maximum absolute atomic E-state index is 9.70. The van der Waals surface area contributed by atoms with Gasteiger partial charge in [-0.05, 0) is 76.0 Å². The summed E-state index contributed by atoms with van der Waals surface area (Å²) >= 11 is 0. The van der Waals surface area contributed by atoms with Gasteiger partial charge >= 0.3 is 0 Å². The van der Waals surface area contributed by atoms with E-state index in [1.54, 1.807) is 6.07 Å². The molecule has 124 valence electrons. The van der Waals surface area contributed by atoms with Crippen molar-refractivity contribution in [1.29, 1.82) is 0 Å². The molecule has 22 heavy (non-hydrogen) atoms. The lowest BCUT2D eigenvalue weighted by Gasteiger charge is -2.31. The van der Waals surface area contributed by atoms with Crippen molar-refractivity contribution in [3.63, 3.8) is 0 Å². The minimum atomic E-state index is -0.489. The van der Waals surface area contributed by atoms with Crippen molar-refractivity contribution < 1.29 is 10.2 Å². The van der Waals surface area contributed by atoms with Crippen LogP contribution in [0.3, 0.4) is 0 Å². The monoisotopic (exact) mass is 304 g/mol. The Hall–Kier alpha value is -1.28. The van der Waals surface area contributed by atoms with E-state index in [1.165, 1.54) is 5.57 Å². The summed E-state index contributed by atoms with van der Waals surface area (Å²) in [5.74, 6) is 1.28. The molecule has 0 saturated carbocycles. The zero-order valence-corrected chi connectivity index (χ0v) is 15.0. The van der Waals surface area contributed by atoms with Crippen molar-refractivity contribution >= 4 is 0 Å². The maximum atomic E-state index is 9.70. The summed E-state index contributed by atoms with van der Waals surface area (Å²) < 4.78 is 0. The summed E-state index contributed by atoms with van der Waals surface area (Å²) in [7, 11) is 0. The van der Waals surface area contributed by atoms with E-state index in [0.717, 1.165) is 30.4 Å². The third-order valence-corrected chi connectivity index (χ3v) is 4.44. The first-order valence-electron chi connectivity index (χ1n) is 8.28. The molecule has 1 aromatic rings. The summed E-state index contributed by atoms with van der Waals surface area (Å²) in [6.07, 6.45) is 5.61. The Bertz CT molecular complexity index is 507. The van der Waals surface area contributed by atoms with Gasteiger partial charge in [0.2, 0.25) is 0 Å². The van der Waals surface area contributed by atoms with Crippen LogP contribution in [0.5, 0.6) is 5.75 Å². The zero-order valence-electron chi connectivity index (χ0n) is 15.0. The molecule has 0 heterocycles. The molecule has 2 nitrogen and oxygen atoms in total. The number of aryl methyl sites for hydroxylation is 1. The predicted molar refractivity (Wildman–Crippen MR) is 94.3 cm³/mol. The molecule has 1 aromatic carbocycles. The van der Waals surface area contributed by atoms with Crippen LogP contribution in [0.2, 0.25) is 0 Å². The second kappa shape index (κ2) is 7.82. The highest BCUT2D eigenvalue weighted by molar-refractivity contribution is 5.37. The Morgan fingerprint density at radius 1 is 1.18 bits per heavy atom. The molecule has 0 aliphatic heterocycles. The Balaban J connectivity index is 0.000000220. The van der Waals surface area contributed by atoms with Gasteiger partial charge in [-0.15, -0.1) is 0 Å². The van der Waals surface area contributed by atoms with Gasteiger partial charge in [-0.25, -0.2) is 0 Å². The van der Waals surface area contributed by atoms with Crippen molar-refractivity contribution in [2.24, 2.45) is 5.92 Å². The molecule has 1 unspecified atom stereocenters. The van der Waals surface area contributed by atoms with E-state index in [2.05, 4.69) is 26.8 Å². The SMILES string of the molecule is CC1=CCC(C(C)(C)O)CC1.Cc1ccc(C(C)C)c(O)c1. The van der Waals surface area contributed by atoms with Gasteiger partial charge in [0.25, 0.3) is 0 Å². The zero-order chi connectivity index (χ0) is 16.9. The van der Waals surface area contributed by atoms with Crippen LogP contribution >= 0.6 is 0 Å². The highest BCUT2D eigenvalue weighted by atomic mass is 16.3. The molecule has 1 aliphatic rings. The lowest BCUT2D eigenvalue weighted by molar-refractivity contribution is 0.0126. The number of benzene rings is 1. The summed E-state index contributed by atoms with van der Waals surface area (Å²) in [5, 5.41) is 19.2. The van der Waals surface area contributed by atoms with Gasteiger partial charge in [-0.2, -0.15) is 0 Å². The van der Waals surface area contributed by atoms with E-state index >= 15 is 0 Å². The van der Waals surface area contributed by atoms with Crippen molar-refractivity contribution in [3.8, 4) is 5.75 Å². The highest BCUT2D eigenvalue weighted by Crippen LogP contribution is 2.31. The van der Waals surface area contributed by atoms with Gasteiger partial charge in [0.05, 0.1) is 5.60 Å². The van der Waals surface area contributed by atoms with Gasteiger partial charge in [0.15, 0.2) is 0 Å². The number of phenolic OH excluding ortho intramolecular Hbond substituents is 1. The van der Waals surface area contributed by atoms with Crippen molar-refractivity contribution in [3.05, 3.63) is 41.0 Å². The number of allylic oxidation sites excluding steroid dienone is 2. The molecule has 2 N–H and O–H groups in total. The second-order valence-electron chi connectivity index (χ2n) is 7.39. The molecule has 2 rings (SSSR count). The predicted octanol–water partition coefficient (Wildman–Crippen LogP) is 5.33. The molecule has 0 bridgehead atoms. The Morgan fingerprint density at radius 3 is 2.23 bits per heavy atom. The van der Waals surface area contributed by atoms with Gasteiger partial charge in [-0.1, -0.05) is 37.6 Å². The standard InChI is InChI=1S/C10H18O.C10H14O/c1-8-4-6-9(7-5-8)10(2,3)11;1-7(2)9-5-4-8(3)6-10(9)11/h4,9,11H,5-7H2,1-3H3;4-7,11H,1-3H3. The first kappa shape index (κ1) is 18.8. The van der Waals surface area contributed by atoms with Gasteiger partial charge in [-0.3, -0.25) is 0 Å². The highest BCUT2D eigenvalue weighted by Gasteiger charge is 2.27. The summed E-state index contributed by atoms with van der Waals surface area (Å²) in [6.45, 7) is 12.1. The van der Waals surface area contributed by atoms with E-state index in [0.29, 0.717) is 17.6 Å². The maximum Gasteiger partial charge on any atom is 0.119 e. The fourth-order valence-corrected chi connectivity index (χ4v) is 2.75. The Kier molecular flexibility index (Phi) is 6.67. The third kappa shape index (κ3) is 5.84. The van der Waals surface area contributed by atoms with E-state index in [-0.39, 0.29) is 0 Å². The number of aliphatic hydroxyl groups is 1. The Labute approximate surface area is 135 Å². The molecule has 0 radical (unpaired) electrons. The van der Waals surface area contributed by atoms with E-state index in [4.69, 9.17) is 0 Å². The molecule has 1 aliphatic carbocycles. The number of aromatic hydroxyl groups is 1.